The number of ether oxygens (including phenoxy) is 2. The molecule has 0 bridgehead atoms. The Morgan fingerprint density at radius 3 is 2.52 bits per heavy atom. The molecule has 0 amide bonds. The quantitative estimate of drug-likeness (QED) is 0.334. The van der Waals surface area contributed by atoms with E-state index in [2.05, 4.69) is 22.0 Å². The normalized spacial score (nSPS) is 10.9. The smallest absolute Gasteiger partial charge is 0.175 e. The van der Waals surface area contributed by atoms with Crippen LogP contribution in [0.25, 0.3) is 20.8 Å². The van der Waals surface area contributed by atoms with Gasteiger partial charge in [-0.3, -0.25) is 0 Å². The molecule has 0 spiro atoms. The van der Waals surface area contributed by atoms with Gasteiger partial charge in [0.1, 0.15) is 11.6 Å². The van der Waals surface area contributed by atoms with E-state index in [-0.39, 0.29) is 0 Å². The predicted octanol–water partition coefficient (Wildman–Crippen LogP) is 6.70. The molecule has 27 heavy (non-hydrogen) atoms. The maximum absolute atomic E-state index is 6.07. The lowest BCUT2D eigenvalue weighted by molar-refractivity contribution is 0.268. The number of hydrogen-bond acceptors (Lipinski definition) is 4. The first kappa shape index (κ1) is 18.0. The van der Waals surface area contributed by atoms with Crippen molar-refractivity contribution in [3.8, 4) is 22.1 Å². The number of hydrogen-bond donors (Lipinski definition) is 0. The van der Waals surface area contributed by atoms with E-state index in [9.17, 15) is 0 Å². The summed E-state index contributed by atoms with van der Waals surface area (Å²) in [7, 11) is 0. The Labute approximate surface area is 170 Å². The first-order valence-corrected chi connectivity index (χ1v) is 10.3. The summed E-state index contributed by atoms with van der Waals surface area (Å²) in [5.41, 5.74) is 3.14. The van der Waals surface area contributed by atoms with E-state index in [1.54, 1.807) is 11.3 Å². The SMILES string of the molecule is CCOc1cc(-c2nc3ccccc3s2)cc(Br)c1OCc1ccccc1. The lowest BCUT2D eigenvalue weighted by Gasteiger charge is -2.15. The molecule has 3 aromatic carbocycles. The van der Waals surface area contributed by atoms with E-state index in [1.807, 2.05) is 67.6 Å². The second-order valence-corrected chi connectivity index (χ2v) is 7.86. The molecular formula is C22H18BrNO2S. The molecule has 0 radical (unpaired) electrons. The average molecular weight is 440 g/mol. The summed E-state index contributed by atoms with van der Waals surface area (Å²) in [6.45, 7) is 3.02. The van der Waals surface area contributed by atoms with Crippen molar-refractivity contribution >= 4 is 37.5 Å². The van der Waals surface area contributed by atoms with Gasteiger partial charge in [0.05, 0.1) is 21.3 Å². The molecule has 1 heterocycles. The number of fused-ring (bicyclic) bond motifs is 1. The first-order valence-electron chi connectivity index (χ1n) is 8.73. The van der Waals surface area contributed by atoms with E-state index in [4.69, 9.17) is 14.5 Å². The average Bonchev–Trinajstić information content (AvgIpc) is 3.12. The highest BCUT2D eigenvalue weighted by atomic mass is 79.9. The van der Waals surface area contributed by atoms with Crippen molar-refractivity contribution in [1.29, 1.82) is 0 Å². The Bertz CT molecular complexity index is 1030. The summed E-state index contributed by atoms with van der Waals surface area (Å²) in [5, 5.41) is 0.965. The van der Waals surface area contributed by atoms with Crippen LogP contribution in [0.2, 0.25) is 0 Å². The van der Waals surface area contributed by atoms with Crippen LogP contribution in [-0.4, -0.2) is 11.6 Å². The van der Waals surface area contributed by atoms with Crippen LogP contribution in [0.15, 0.2) is 71.2 Å². The second kappa shape index (κ2) is 8.11. The molecule has 0 aliphatic rings. The standard InChI is InChI=1S/C22H18BrNO2S/c1-2-25-19-13-16(22-24-18-10-6-7-11-20(18)27-22)12-17(23)21(19)26-14-15-8-4-3-5-9-15/h3-13H,2,14H2,1H3. The number of para-hydroxylation sites is 1. The van der Waals surface area contributed by atoms with Gasteiger partial charge in [-0.2, -0.15) is 0 Å². The topological polar surface area (TPSA) is 31.4 Å². The third-order valence-electron chi connectivity index (χ3n) is 4.08. The number of benzene rings is 3. The highest BCUT2D eigenvalue weighted by molar-refractivity contribution is 9.10. The third kappa shape index (κ3) is 3.99. The van der Waals surface area contributed by atoms with Crippen molar-refractivity contribution < 1.29 is 9.47 Å². The number of nitrogens with zero attached hydrogens (tertiary/aromatic N) is 1. The third-order valence-corrected chi connectivity index (χ3v) is 5.75. The van der Waals surface area contributed by atoms with Crippen LogP contribution in [0.3, 0.4) is 0 Å². The van der Waals surface area contributed by atoms with E-state index < -0.39 is 0 Å². The van der Waals surface area contributed by atoms with Gasteiger partial charge >= 0.3 is 0 Å². The van der Waals surface area contributed by atoms with E-state index in [0.29, 0.717) is 19.0 Å². The van der Waals surface area contributed by atoms with E-state index in [0.717, 1.165) is 31.9 Å². The van der Waals surface area contributed by atoms with Crippen molar-refractivity contribution in [3.05, 3.63) is 76.8 Å². The number of rotatable bonds is 6. The molecule has 0 aliphatic heterocycles. The molecule has 0 N–H and O–H groups in total. The van der Waals surface area contributed by atoms with Gasteiger partial charge < -0.3 is 9.47 Å². The summed E-state index contributed by atoms with van der Waals surface area (Å²) < 4.78 is 14.0. The second-order valence-electron chi connectivity index (χ2n) is 5.98. The fraction of sp³-hybridized carbons (Fsp3) is 0.136. The van der Waals surface area contributed by atoms with Crippen molar-refractivity contribution in [1.82, 2.24) is 4.98 Å². The molecule has 5 heteroatoms. The maximum Gasteiger partial charge on any atom is 0.175 e. The molecule has 1 aromatic heterocycles. The molecule has 0 saturated heterocycles. The zero-order valence-corrected chi connectivity index (χ0v) is 17.2. The molecule has 0 atom stereocenters. The van der Waals surface area contributed by atoms with Crippen molar-refractivity contribution in [2.24, 2.45) is 0 Å². The van der Waals surface area contributed by atoms with Gasteiger partial charge in [-0.25, -0.2) is 4.98 Å². The lowest BCUT2D eigenvalue weighted by Crippen LogP contribution is -2.01. The highest BCUT2D eigenvalue weighted by Gasteiger charge is 2.15. The van der Waals surface area contributed by atoms with Gasteiger partial charge in [-0.15, -0.1) is 11.3 Å². The van der Waals surface area contributed by atoms with Gasteiger partial charge in [-0.1, -0.05) is 42.5 Å². The molecule has 4 rings (SSSR count). The number of halogens is 1. The van der Waals surface area contributed by atoms with Gasteiger partial charge in [0.15, 0.2) is 11.5 Å². The molecule has 0 aliphatic carbocycles. The van der Waals surface area contributed by atoms with Crippen molar-refractivity contribution in [2.45, 2.75) is 13.5 Å². The Morgan fingerprint density at radius 1 is 0.963 bits per heavy atom. The van der Waals surface area contributed by atoms with Crippen LogP contribution >= 0.6 is 27.3 Å². The largest absolute Gasteiger partial charge is 0.490 e. The van der Waals surface area contributed by atoms with Crippen molar-refractivity contribution in [2.75, 3.05) is 6.61 Å². The number of thiazole rings is 1. The summed E-state index contributed by atoms with van der Waals surface area (Å²) in [5.74, 6) is 1.43. The lowest BCUT2D eigenvalue weighted by atomic mass is 10.2. The summed E-state index contributed by atoms with van der Waals surface area (Å²) in [6, 6.07) is 22.3. The minimum absolute atomic E-state index is 0.486. The Balaban J connectivity index is 1.68. The van der Waals surface area contributed by atoms with Gasteiger partial charge in [-0.05, 0) is 52.7 Å². The summed E-state index contributed by atoms with van der Waals surface area (Å²) in [4.78, 5) is 4.75. The van der Waals surface area contributed by atoms with E-state index in [1.165, 1.54) is 4.70 Å². The first-order chi connectivity index (χ1) is 13.2. The fourth-order valence-electron chi connectivity index (χ4n) is 2.82. The minimum Gasteiger partial charge on any atom is -0.490 e. The van der Waals surface area contributed by atoms with Gasteiger partial charge in [0.2, 0.25) is 0 Å². The zero-order valence-electron chi connectivity index (χ0n) is 14.8. The summed E-state index contributed by atoms with van der Waals surface area (Å²) in [6.07, 6.45) is 0. The van der Waals surface area contributed by atoms with Crippen LogP contribution < -0.4 is 9.47 Å². The molecular weight excluding hydrogens is 422 g/mol. The summed E-state index contributed by atoms with van der Waals surface area (Å²) >= 11 is 5.33. The van der Waals surface area contributed by atoms with Crippen LogP contribution in [0, 0.1) is 0 Å². The molecule has 0 saturated carbocycles. The molecule has 0 unspecified atom stereocenters. The van der Waals surface area contributed by atoms with E-state index >= 15 is 0 Å². The van der Waals surface area contributed by atoms with Gasteiger partial charge in [0, 0.05) is 5.56 Å². The molecule has 3 nitrogen and oxygen atoms in total. The molecule has 0 fully saturated rings. The van der Waals surface area contributed by atoms with Crippen LogP contribution in [0.4, 0.5) is 0 Å². The van der Waals surface area contributed by atoms with Gasteiger partial charge in [0.25, 0.3) is 0 Å². The molecule has 4 aromatic rings. The van der Waals surface area contributed by atoms with Crippen LogP contribution in [0.5, 0.6) is 11.5 Å². The zero-order chi connectivity index (χ0) is 18.6. The monoisotopic (exact) mass is 439 g/mol. The van der Waals surface area contributed by atoms with Crippen molar-refractivity contribution in [3.63, 3.8) is 0 Å². The Hall–Kier alpha value is -2.37. The maximum atomic E-state index is 6.07. The van der Waals surface area contributed by atoms with Crippen LogP contribution in [0.1, 0.15) is 12.5 Å². The highest BCUT2D eigenvalue weighted by Crippen LogP contribution is 2.41. The predicted molar refractivity (Wildman–Crippen MR) is 115 cm³/mol. The number of aromatic nitrogens is 1. The Kier molecular flexibility index (Phi) is 5.41. The minimum atomic E-state index is 0.486. The molecule has 136 valence electrons. The van der Waals surface area contributed by atoms with Crippen LogP contribution in [-0.2, 0) is 6.61 Å². The fourth-order valence-corrected chi connectivity index (χ4v) is 4.33. The Morgan fingerprint density at radius 2 is 1.74 bits per heavy atom.